The SMILES string of the molecule is O=C(NCC(O)c1ccc(F)cc1)c1ccc2cc[nH]c2c1. The number of carbonyl (C=O) groups excluding carboxylic acids is 1. The Kier molecular flexibility index (Phi) is 3.89. The molecule has 0 saturated heterocycles. The van der Waals surface area contributed by atoms with Gasteiger partial charge in [0.05, 0.1) is 6.10 Å². The van der Waals surface area contributed by atoms with Gasteiger partial charge in [-0.1, -0.05) is 18.2 Å². The molecule has 0 aliphatic carbocycles. The molecule has 3 aromatic rings. The van der Waals surface area contributed by atoms with Gasteiger partial charge in [0.15, 0.2) is 0 Å². The summed E-state index contributed by atoms with van der Waals surface area (Å²) in [6, 6.07) is 12.8. The number of aliphatic hydroxyl groups excluding tert-OH is 1. The monoisotopic (exact) mass is 298 g/mol. The molecule has 0 aliphatic heterocycles. The lowest BCUT2D eigenvalue weighted by Gasteiger charge is -2.12. The summed E-state index contributed by atoms with van der Waals surface area (Å²) < 4.78 is 12.8. The summed E-state index contributed by atoms with van der Waals surface area (Å²) in [5.41, 5.74) is 1.95. The molecule has 3 rings (SSSR count). The zero-order chi connectivity index (χ0) is 15.5. The molecule has 3 N–H and O–H groups in total. The Morgan fingerprint density at radius 3 is 2.73 bits per heavy atom. The van der Waals surface area contributed by atoms with E-state index in [1.54, 1.807) is 12.1 Å². The van der Waals surface area contributed by atoms with Crippen LogP contribution < -0.4 is 5.32 Å². The van der Waals surface area contributed by atoms with E-state index in [1.807, 2.05) is 18.3 Å². The first-order valence-electron chi connectivity index (χ1n) is 6.92. The van der Waals surface area contributed by atoms with E-state index in [0.29, 0.717) is 11.1 Å². The highest BCUT2D eigenvalue weighted by molar-refractivity contribution is 5.97. The Morgan fingerprint density at radius 1 is 1.18 bits per heavy atom. The maximum absolute atomic E-state index is 12.8. The van der Waals surface area contributed by atoms with Gasteiger partial charge in [0, 0.05) is 23.8 Å². The van der Waals surface area contributed by atoms with Gasteiger partial charge >= 0.3 is 0 Å². The fourth-order valence-electron chi connectivity index (χ4n) is 2.28. The molecule has 2 aromatic carbocycles. The number of aliphatic hydroxyl groups is 1. The van der Waals surface area contributed by atoms with Gasteiger partial charge in [-0.15, -0.1) is 0 Å². The lowest BCUT2D eigenvalue weighted by atomic mass is 10.1. The molecule has 1 heterocycles. The van der Waals surface area contributed by atoms with Crippen molar-refractivity contribution in [1.29, 1.82) is 0 Å². The lowest BCUT2D eigenvalue weighted by Crippen LogP contribution is -2.28. The van der Waals surface area contributed by atoms with Crippen molar-refractivity contribution in [2.24, 2.45) is 0 Å². The van der Waals surface area contributed by atoms with Crippen LogP contribution in [0, 0.1) is 5.82 Å². The number of aromatic nitrogens is 1. The van der Waals surface area contributed by atoms with Gasteiger partial charge in [0.2, 0.25) is 0 Å². The summed E-state index contributed by atoms with van der Waals surface area (Å²) in [5, 5.41) is 13.7. The first kappa shape index (κ1) is 14.3. The van der Waals surface area contributed by atoms with Crippen molar-refractivity contribution in [3.8, 4) is 0 Å². The van der Waals surface area contributed by atoms with Crippen molar-refractivity contribution in [2.75, 3.05) is 6.54 Å². The summed E-state index contributed by atoms with van der Waals surface area (Å²) >= 11 is 0. The summed E-state index contributed by atoms with van der Waals surface area (Å²) in [7, 11) is 0. The fourth-order valence-corrected chi connectivity index (χ4v) is 2.28. The topological polar surface area (TPSA) is 65.1 Å². The molecule has 0 spiro atoms. The van der Waals surface area contributed by atoms with Crippen LogP contribution in [-0.2, 0) is 0 Å². The van der Waals surface area contributed by atoms with E-state index in [9.17, 15) is 14.3 Å². The van der Waals surface area contributed by atoms with Crippen molar-refractivity contribution in [2.45, 2.75) is 6.10 Å². The number of aromatic amines is 1. The molecule has 0 radical (unpaired) electrons. The number of halogens is 1. The molecule has 1 amide bonds. The molecule has 5 heteroatoms. The average molecular weight is 298 g/mol. The minimum atomic E-state index is -0.876. The van der Waals surface area contributed by atoms with Crippen LogP contribution in [0.15, 0.2) is 54.7 Å². The van der Waals surface area contributed by atoms with Gasteiger partial charge in [-0.2, -0.15) is 0 Å². The highest BCUT2D eigenvalue weighted by Gasteiger charge is 2.11. The van der Waals surface area contributed by atoms with Crippen molar-refractivity contribution in [3.05, 3.63) is 71.7 Å². The molecule has 4 nitrogen and oxygen atoms in total. The quantitative estimate of drug-likeness (QED) is 0.693. The smallest absolute Gasteiger partial charge is 0.251 e. The summed E-state index contributed by atoms with van der Waals surface area (Å²) in [6.45, 7) is 0.0627. The number of amides is 1. The number of hydrogen-bond acceptors (Lipinski definition) is 2. The maximum Gasteiger partial charge on any atom is 0.251 e. The number of rotatable bonds is 4. The summed E-state index contributed by atoms with van der Waals surface area (Å²) in [4.78, 5) is 15.1. The third kappa shape index (κ3) is 2.99. The highest BCUT2D eigenvalue weighted by atomic mass is 19.1. The van der Waals surface area contributed by atoms with E-state index in [0.717, 1.165) is 10.9 Å². The van der Waals surface area contributed by atoms with Crippen molar-refractivity contribution in [3.63, 3.8) is 0 Å². The van der Waals surface area contributed by atoms with Gasteiger partial charge in [-0.25, -0.2) is 4.39 Å². The van der Waals surface area contributed by atoms with E-state index in [-0.39, 0.29) is 18.3 Å². The summed E-state index contributed by atoms with van der Waals surface area (Å²) in [5.74, 6) is -0.628. The van der Waals surface area contributed by atoms with Crippen molar-refractivity contribution < 1.29 is 14.3 Å². The number of nitrogens with one attached hydrogen (secondary N) is 2. The first-order chi connectivity index (χ1) is 10.6. The van der Waals surface area contributed by atoms with E-state index in [4.69, 9.17) is 0 Å². The van der Waals surface area contributed by atoms with Gasteiger partial charge in [0.25, 0.3) is 5.91 Å². The number of H-pyrrole nitrogens is 1. The van der Waals surface area contributed by atoms with Gasteiger partial charge in [-0.3, -0.25) is 4.79 Å². The van der Waals surface area contributed by atoms with Crippen LogP contribution in [0.3, 0.4) is 0 Å². The number of hydrogen-bond donors (Lipinski definition) is 3. The van der Waals surface area contributed by atoms with Crippen LogP contribution >= 0.6 is 0 Å². The van der Waals surface area contributed by atoms with Crippen LogP contribution in [0.25, 0.3) is 10.9 Å². The molecular formula is C17H15FN2O2. The normalized spacial score (nSPS) is 12.3. The second-order valence-corrected chi connectivity index (χ2v) is 5.06. The Hall–Kier alpha value is -2.66. The molecule has 0 fully saturated rings. The molecular weight excluding hydrogens is 283 g/mol. The Morgan fingerprint density at radius 2 is 1.95 bits per heavy atom. The largest absolute Gasteiger partial charge is 0.387 e. The second kappa shape index (κ2) is 5.99. The Labute approximate surface area is 126 Å². The number of benzene rings is 2. The minimum absolute atomic E-state index is 0.0627. The van der Waals surface area contributed by atoms with Crippen molar-refractivity contribution in [1.82, 2.24) is 10.3 Å². The molecule has 112 valence electrons. The first-order valence-corrected chi connectivity index (χ1v) is 6.92. The zero-order valence-corrected chi connectivity index (χ0v) is 11.7. The molecule has 0 aliphatic rings. The fraction of sp³-hybridized carbons (Fsp3) is 0.118. The molecule has 22 heavy (non-hydrogen) atoms. The molecule has 1 aromatic heterocycles. The number of fused-ring (bicyclic) bond motifs is 1. The standard InChI is InChI=1S/C17H15FN2O2/c18-14-5-3-12(4-6-14)16(21)10-20-17(22)13-2-1-11-7-8-19-15(11)9-13/h1-9,16,19,21H,10H2,(H,20,22). The number of carbonyl (C=O) groups is 1. The van der Waals surface area contributed by atoms with Gasteiger partial charge in [-0.05, 0) is 41.3 Å². The third-order valence-electron chi connectivity index (χ3n) is 3.53. The van der Waals surface area contributed by atoms with E-state index >= 15 is 0 Å². The van der Waals surface area contributed by atoms with Crippen LogP contribution in [0.4, 0.5) is 4.39 Å². The highest BCUT2D eigenvalue weighted by Crippen LogP contribution is 2.15. The average Bonchev–Trinajstić information content (AvgIpc) is 3.00. The second-order valence-electron chi connectivity index (χ2n) is 5.06. The minimum Gasteiger partial charge on any atom is -0.387 e. The van der Waals surface area contributed by atoms with E-state index in [2.05, 4.69) is 10.3 Å². The van der Waals surface area contributed by atoms with Crippen LogP contribution in [0.5, 0.6) is 0 Å². The van der Waals surface area contributed by atoms with Gasteiger partial charge in [0.1, 0.15) is 5.82 Å². The summed E-state index contributed by atoms with van der Waals surface area (Å²) in [6.07, 6.45) is 0.934. The molecule has 0 bridgehead atoms. The van der Waals surface area contributed by atoms with E-state index < -0.39 is 6.10 Å². The van der Waals surface area contributed by atoms with Crippen LogP contribution in [0.2, 0.25) is 0 Å². The predicted molar refractivity (Wildman–Crippen MR) is 82.0 cm³/mol. The zero-order valence-electron chi connectivity index (χ0n) is 11.7. The predicted octanol–water partition coefficient (Wildman–Crippen LogP) is 2.77. The maximum atomic E-state index is 12.8. The molecule has 0 saturated carbocycles. The molecule has 1 atom stereocenters. The Balaban J connectivity index is 1.65. The molecule has 1 unspecified atom stereocenters. The third-order valence-corrected chi connectivity index (χ3v) is 3.53. The lowest BCUT2D eigenvalue weighted by molar-refractivity contribution is 0.0916. The van der Waals surface area contributed by atoms with Crippen LogP contribution in [0.1, 0.15) is 22.0 Å². The Bertz CT molecular complexity index is 796. The van der Waals surface area contributed by atoms with Gasteiger partial charge < -0.3 is 15.4 Å². The van der Waals surface area contributed by atoms with Crippen molar-refractivity contribution >= 4 is 16.8 Å². The van der Waals surface area contributed by atoms with Crippen LogP contribution in [-0.4, -0.2) is 22.5 Å². The van der Waals surface area contributed by atoms with E-state index in [1.165, 1.54) is 24.3 Å².